The highest BCUT2D eigenvalue weighted by Crippen LogP contribution is 2.33. The van der Waals surface area contributed by atoms with Crippen molar-refractivity contribution in [1.82, 2.24) is 9.29 Å². The Balaban J connectivity index is 2.23. The molecule has 0 unspecified atom stereocenters. The molecule has 1 aromatic heterocycles. The molecule has 0 N–H and O–H groups in total. The van der Waals surface area contributed by atoms with E-state index in [2.05, 4.69) is 4.98 Å². The van der Waals surface area contributed by atoms with Crippen LogP contribution < -0.4 is 0 Å². The normalized spacial score (nSPS) is 16.2. The van der Waals surface area contributed by atoms with E-state index in [4.69, 9.17) is 0 Å². The zero-order chi connectivity index (χ0) is 13.6. The van der Waals surface area contributed by atoms with E-state index in [-0.39, 0.29) is 6.04 Å². The quantitative estimate of drug-likeness (QED) is 0.864. The van der Waals surface area contributed by atoms with Crippen molar-refractivity contribution in [3.8, 4) is 0 Å². The molecule has 0 saturated heterocycles. The van der Waals surface area contributed by atoms with E-state index in [1.165, 1.54) is 4.31 Å². The second kappa shape index (κ2) is 4.28. The van der Waals surface area contributed by atoms with Crippen LogP contribution in [0.25, 0.3) is 10.9 Å². The fourth-order valence-corrected chi connectivity index (χ4v) is 3.85. The van der Waals surface area contributed by atoms with E-state index >= 15 is 0 Å². The lowest BCUT2D eigenvalue weighted by Crippen LogP contribution is -2.29. The molecule has 1 fully saturated rings. The van der Waals surface area contributed by atoms with Gasteiger partial charge in [-0.05, 0) is 37.5 Å². The number of pyridine rings is 1. The van der Waals surface area contributed by atoms with Crippen molar-refractivity contribution in [1.29, 1.82) is 0 Å². The Hall–Kier alpha value is -1.46. The minimum absolute atomic E-state index is 0.157. The van der Waals surface area contributed by atoms with Crippen molar-refractivity contribution in [3.63, 3.8) is 0 Å². The molecule has 0 spiro atoms. The minimum Gasteiger partial charge on any atom is -0.255 e. The van der Waals surface area contributed by atoms with E-state index in [1.54, 1.807) is 19.3 Å². The number of hydrogen-bond donors (Lipinski definition) is 0. The van der Waals surface area contributed by atoms with Gasteiger partial charge >= 0.3 is 0 Å². The molecule has 4 nitrogen and oxygen atoms in total. The first-order valence-corrected chi connectivity index (χ1v) is 7.78. The largest absolute Gasteiger partial charge is 0.255 e. The standard InChI is InChI=1S/C14H16N2O2S/c1-10-5-8-13(14-12(10)4-3-9-15-14)19(17,18)16(2)11-6-7-11/h3-5,8-9,11H,6-7H2,1-2H3. The van der Waals surface area contributed by atoms with E-state index in [1.807, 2.05) is 25.1 Å². The fourth-order valence-electron chi connectivity index (χ4n) is 2.29. The highest BCUT2D eigenvalue weighted by molar-refractivity contribution is 7.89. The van der Waals surface area contributed by atoms with Gasteiger partial charge in [-0.3, -0.25) is 4.98 Å². The number of aryl methyl sites for hydroxylation is 1. The third-order valence-corrected chi connectivity index (χ3v) is 5.61. The number of sulfonamides is 1. The van der Waals surface area contributed by atoms with Gasteiger partial charge in [-0.1, -0.05) is 12.1 Å². The zero-order valence-electron chi connectivity index (χ0n) is 11.0. The predicted octanol–water partition coefficient (Wildman–Crippen LogP) is 2.33. The van der Waals surface area contributed by atoms with Crippen LogP contribution >= 0.6 is 0 Å². The van der Waals surface area contributed by atoms with Crippen LogP contribution in [0, 0.1) is 6.92 Å². The van der Waals surface area contributed by atoms with Gasteiger partial charge in [-0.15, -0.1) is 0 Å². The van der Waals surface area contributed by atoms with Crippen LogP contribution in [0.2, 0.25) is 0 Å². The lowest BCUT2D eigenvalue weighted by Gasteiger charge is -2.17. The Kier molecular flexibility index (Phi) is 2.83. The maximum atomic E-state index is 12.6. The average Bonchev–Trinajstić information content (AvgIpc) is 3.22. The number of benzene rings is 1. The smallest absolute Gasteiger partial charge is 0.245 e. The first-order chi connectivity index (χ1) is 9.01. The molecule has 100 valence electrons. The molecule has 0 amide bonds. The molecule has 1 aromatic carbocycles. The lowest BCUT2D eigenvalue weighted by atomic mass is 10.1. The van der Waals surface area contributed by atoms with Crippen molar-refractivity contribution in [2.45, 2.75) is 30.7 Å². The van der Waals surface area contributed by atoms with Crippen LogP contribution in [0.4, 0.5) is 0 Å². The summed E-state index contributed by atoms with van der Waals surface area (Å²) < 4.78 is 26.7. The molecular weight excluding hydrogens is 260 g/mol. The van der Waals surface area contributed by atoms with Gasteiger partial charge in [0.15, 0.2) is 0 Å². The summed E-state index contributed by atoms with van der Waals surface area (Å²) in [5.41, 5.74) is 1.60. The van der Waals surface area contributed by atoms with Gasteiger partial charge in [0.25, 0.3) is 0 Å². The van der Waals surface area contributed by atoms with Crippen molar-refractivity contribution in [3.05, 3.63) is 36.0 Å². The Morgan fingerprint density at radius 2 is 2.00 bits per heavy atom. The molecule has 1 aliphatic rings. The molecule has 1 aliphatic carbocycles. The lowest BCUT2D eigenvalue weighted by molar-refractivity contribution is 0.465. The number of hydrogen-bond acceptors (Lipinski definition) is 3. The highest BCUT2D eigenvalue weighted by atomic mass is 32.2. The summed E-state index contributed by atoms with van der Waals surface area (Å²) in [6, 6.07) is 7.41. The van der Waals surface area contributed by atoms with Gasteiger partial charge in [-0.25, -0.2) is 8.42 Å². The molecule has 0 aliphatic heterocycles. The van der Waals surface area contributed by atoms with E-state index in [9.17, 15) is 8.42 Å². The van der Waals surface area contributed by atoms with Gasteiger partial charge in [0, 0.05) is 24.7 Å². The summed E-state index contributed by atoms with van der Waals surface area (Å²) in [5, 5.41) is 0.896. The van der Waals surface area contributed by atoms with Crippen LogP contribution in [0.1, 0.15) is 18.4 Å². The van der Waals surface area contributed by atoms with E-state index in [0.29, 0.717) is 10.4 Å². The summed E-state index contributed by atoms with van der Waals surface area (Å²) in [6.07, 6.45) is 3.54. The first kappa shape index (κ1) is 12.6. The van der Waals surface area contributed by atoms with Gasteiger partial charge in [-0.2, -0.15) is 4.31 Å². The second-order valence-corrected chi connectivity index (χ2v) is 7.00. The Morgan fingerprint density at radius 3 is 2.68 bits per heavy atom. The Morgan fingerprint density at radius 1 is 1.26 bits per heavy atom. The highest BCUT2D eigenvalue weighted by Gasteiger charge is 2.36. The van der Waals surface area contributed by atoms with Gasteiger partial charge in [0.1, 0.15) is 4.90 Å². The van der Waals surface area contributed by atoms with Gasteiger partial charge in [0.05, 0.1) is 5.52 Å². The van der Waals surface area contributed by atoms with Gasteiger partial charge < -0.3 is 0 Å². The fraction of sp³-hybridized carbons (Fsp3) is 0.357. The van der Waals surface area contributed by atoms with Crippen LogP contribution in [0.5, 0.6) is 0 Å². The Labute approximate surface area is 113 Å². The number of rotatable bonds is 3. The molecule has 0 atom stereocenters. The summed E-state index contributed by atoms with van der Waals surface area (Å²) >= 11 is 0. The third kappa shape index (κ3) is 2.03. The predicted molar refractivity (Wildman–Crippen MR) is 74.5 cm³/mol. The molecule has 0 bridgehead atoms. The summed E-state index contributed by atoms with van der Waals surface area (Å²) in [5.74, 6) is 0. The molecule has 0 radical (unpaired) electrons. The van der Waals surface area contributed by atoms with Crippen LogP contribution in [0.15, 0.2) is 35.4 Å². The molecule has 1 heterocycles. The zero-order valence-corrected chi connectivity index (χ0v) is 11.8. The molecule has 19 heavy (non-hydrogen) atoms. The second-order valence-electron chi connectivity index (χ2n) is 5.03. The topological polar surface area (TPSA) is 50.3 Å². The van der Waals surface area contributed by atoms with Crippen molar-refractivity contribution in [2.24, 2.45) is 0 Å². The van der Waals surface area contributed by atoms with E-state index < -0.39 is 10.0 Å². The van der Waals surface area contributed by atoms with Gasteiger partial charge in [0.2, 0.25) is 10.0 Å². The molecule has 3 rings (SSSR count). The summed E-state index contributed by atoms with van der Waals surface area (Å²) in [6.45, 7) is 1.96. The molecular formula is C14H16N2O2S. The third-order valence-electron chi connectivity index (χ3n) is 3.67. The maximum absolute atomic E-state index is 12.6. The number of fused-ring (bicyclic) bond motifs is 1. The molecule has 5 heteroatoms. The van der Waals surface area contributed by atoms with Crippen LogP contribution in [-0.2, 0) is 10.0 Å². The van der Waals surface area contributed by atoms with Crippen molar-refractivity contribution < 1.29 is 8.42 Å². The van der Waals surface area contributed by atoms with E-state index in [0.717, 1.165) is 23.8 Å². The number of aromatic nitrogens is 1. The monoisotopic (exact) mass is 276 g/mol. The maximum Gasteiger partial charge on any atom is 0.245 e. The molecule has 2 aromatic rings. The SMILES string of the molecule is Cc1ccc(S(=O)(=O)N(C)C2CC2)c2ncccc12. The van der Waals surface area contributed by atoms with Crippen molar-refractivity contribution in [2.75, 3.05) is 7.05 Å². The number of nitrogens with zero attached hydrogens (tertiary/aromatic N) is 2. The summed E-state index contributed by atoms with van der Waals surface area (Å²) in [4.78, 5) is 4.57. The van der Waals surface area contributed by atoms with Crippen LogP contribution in [-0.4, -0.2) is 30.8 Å². The first-order valence-electron chi connectivity index (χ1n) is 6.34. The molecule has 1 saturated carbocycles. The van der Waals surface area contributed by atoms with Crippen molar-refractivity contribution >= 4 is 20.9 Å². The van der Waals surface area contributed by atoms with Crippen LogP contribution in [0.3, 0.4) is 0 Å². The average molecular weight is 276 g/mol. The minimum atomic E-state index is -3.45. The summed E-state index contributed by atoms with van der Waals surface area (Å²) in [7, 11) is -1.79. The Bertz CT molecular complexity index is 736.